The summed E-state index contributed by atoms with van der Waals surface area (Å²) in [5.41, 5.74) is 0.810. The van der Waals surface area contributed by atoms with Crippen molar-refractivity contribution >= 4 is 5.78 Å². The van der Waals surface area contributed by atoms with Crippen LogP contribution in [0.25, 0.3) is 0 Å². The van der Waals surface area contributed by atoms with Gasteiger partial charge in [-0.25, -0.2) is 0 Å². The van der Waals surface area contributed by atoms with E-state index < -0.39 is 0 Å². The molecule has 1 aliphatic carbocycles. The predicted octanol–water partition coefficient (Wildman–Crippen LogP) is 2.02. The first kappa shape index (κ1) is 7.00. The summed E-state index contributed by atoms with van der Waals surface area (Å²) in [6.07, 6.45) is 10.5. The van der Waals surface area contributed by atoms with E-state index in [1.54, 1.807) is 6.92 Å². The highest BCUT2D eigenvalue weighted by molar-refractivity contribution is 5.96. The average Bonchev–Trinajstić information content (AvgIpc) is 2.12. The van der Waals surface area contributed by atoms with E-state index in [-0.39, 0.29) is 5.78 Å². The normalized spacial score (nSPS) is 16.3. The van der Waals surface area contributed by atoms with Gasteiger partial charge < -0.3 is 0 Å². The monoisotopic (exact) mass is 134 g/mol. The van der Waals surface area contributed by atoms with Crippen LogP contribution in [0.1, 0.15) is 13.3 Å². The van der Waals surface area contributed by atoms with E-state index in [1.165, 1.54) is 0 Å². The summed E-state index contributed by atoms with van der Waals surface area (Å²) >= 11 is 0. The second-order valence-electron chi connectivity index (χ2n) is 2.24. The SMILES string of the molecule is CC(=O)C1=CCC=CC=C1. The largest absolute Gasteiger partial charge is 0.295 e. The molecule has 0 aromatic heterocycles. The number of carbonyl (C=O) groups excluding carboxylic acids is 1. The summed E-state index contributed by atoms with van der Waals surface area (Å²) in [6, 6.07) is 0. The molecule has 0 saturated heterocycles. The third-order valence-corrected chi connectivity index (χ3v) is 1.40. The second kappa shape index (κ2) is 3.16. The van der Waals surface area contributed by atoms with Crippen molar-refractivity contribution in [2.45, 2.75) is 13.3 Å². The molecule has 0 heterocycles. The molecule has 0 aliphatic heterocycles. The Morgan fingerprint density at radius 1 is 1.50 bits per heavy atom. The van der Waals surface area contributed by atoms with Gasteiger partial charge in [-0.2, -0.15) is 0 Å². The average molecular weight is 134 g/mol. The van der Waals surface area contributed by atoms with E-state index in [9.17, 15) is 4.79 Å². The van der Waals surface area contributed by atoms with E-state index >= 15 is 0 Å². The Morgan fingerprint density at radius 2 is 2.30 bits per heavy atom. The molecule has 0 atom stereocenters. The van der Waals surface area contributed by atoms with Gasteiger partial charge >= 0.3 is 0 Å². The number of allylic oxidation sites excluding steroid dienone is 6. The topological polar surface area (TPSA) is 17.1 Å². The first-order valence-corrected chi connectivity index (χ1v) is 3.35. The molecule has 0 saturated carbocycles. The fourth-order valence-corrected chi connectivity index (χ4v) is 0.840. The third-order valence-electron chi connectivity index (χ3n) is 1.40. The van der Waals surface area contributed by atoms with Crippen molar-refractivity contribution in [1.29, 1.82) is 0 Å². The molecule has 1 heteroatoms. The summed E-state index contributed by atoms with van der Waals surface area (Å²) in [6.45, 7) is 1.58. The van der Waals surface area contributed by atoms with Crippen LogP contribution in [0.5, 0.6) is 0 Å². The van der Waals surface area contributed by atoms with Gasteiger partial charge in [-0.3, -0.25) is 4.79 Å². The van der Waals surface area contributed by atoms with Gasteiger partial charge in [0, 0.05) is 5.57 Å². The number of hydrogen-bond acceptors (Lipinski definition) is 1. The van der Waals surface area contributed by atoms with Crippen LogP contribution in [0.3, 0.4) is 0 Å². The molecule has 0 bridgehead atoms. The van der Waals surface area contributed by atoms with Crippen LogP contribution >= 0.6 is 0 Å². The third kappa shape index (κ3) is 1.69. The molecule has 1 aliphatic rings. The molecule has 1 nitrogen and oxygen atoms in total. The zero-order valence-electron chi connectivity index (χ0n) is 6.00. The van der Waals surface area contributed by atoms with Crippen molar-refractivity contribution in [1.82, 2.24) is 0 Å². The fraction of sp³-hybridized carbons (Fsp3) is 0.222. The van der Waals surface area contributed by atoms with Crippen molar-refractivity contribution in [3.05, 3.63) is 36.0 Å². The Morgan fingerprint density at radius 3 is 3.00 bits per heavy atom. The lowest BCUT2D eigenvalue weighted by molar-refractivity contribution is -0.113. The zero-order chi connectivity index (χ0) is 7.40. The maximum absolute atomic E-state index is 10.8. The van der Waals surface area contributed by atoms with E-state index in [0.717, 1.165) is 12.0 Å². The predicted molar refractivity (Wildman–Crippen MR) is 41.7 cm³/mol. The van der Waals surface area contributed by atoms with Gasteiger partial charge in [0.1, 0.15) is 0 Å². The zero-order valence-corrected chi connectivity index (χ0v) is 6.00. The highest BCUT2D eigenvalue weighted by Crippen LogP contribution is 2.05. The lowest BCUT2D eigenvalue weighted by Crippen LogP contribution is -1.91. The van der Waals surface area contributed by atoms with E-state index in [2.05, 4.69) is 0 Å². The van der Waals surface area contributed by atoms with Gasteiger partial charge in [0.05, 0.1) is 0 Å². The molecule has 10 heavy (non-hydrogen) atoms. The molecule has 1 rings (SSSR count). The number of Topliss-reactive ketones (excluding diaryl/α,β-unsaturated/α-hetero) is 1. The van der Waals surface area contributed by atoms with E-state index in [0.29, 0.717) is 0 Å². The molecule has 0 amide bonds. The molecule has 52 valence electrons. The quantitative estimate of drug-likeness (QED) is 0.536. The first-order valence-electron chi connectivity index (χ1n) is 3.35. The Labute approximate surface area is 60.7 Å². The van der Waals surface area contributed by atoms with Gasteiger partial charge in [-0.15, -0.1) is 0 Å². The highest BCUT2D eigenvalue weighted by atomic mass is 16.1. The molecule has 0 aromatic rings. The summed E-state index contributed by atoms with van der Waals surface area (Å²) in [5.74, 6) is 0.139. The molecule has 0 fully saturated rings. The molecule has 0 unspecified atom stereocenters. The first-order chi connectivity index (χ1) is 4.80. The maximum atomic E-state index is 10.8. The van der Waals surface area contributed by atoms with Crippen molar-refractivity contribution < 1.29 is 4.79 Å². The van der Waals surface area contributed by atoms with Crippen LogP contribution in [0, 0.1) is 0 Å². The molecule has 0 spiro atoms. The van der Waals surface area contributed by atoms with Crippen molar-refractivity contribution in [2.75, 3.05) is 0 Å². The van der Waals surface area contributed by atoms with Crippen LogP contribution in [-0.4, -0.2) is 5.78 Å². The van der Waals surface area contributed by atoms with Crippen LogP contribution in [0.4, 0.5) is 0 Å². The van der Waals surface area contributed by atoms with Crippen molar-refractivity contribution in [3.63, 3.8) is 0 Å². The lowest BCUT2D eigenvalue weighted by atomic mass is 10.1. The number of rotatable bonds is 1. The van der Waals surface area contributed by atoms with Crippen molar-refractivity contribution in [3.8, 4) is 0 Å². The maximum Gasteiger partial charge on any atom is 0.159 e. The standard InChI is InChI=1S/C9H10O/c1-8(10)9-6-4-2-3-5-7-9/h2-4,6-7H,5H2,1H3. The van der Waals surface area contributed by atoms with Crippen LogP contribution in [0.15, 0.2) is 36.0 Å². The Hall–Kier alpha value is -1.11. The minimum absolute atomic E-state index is 0.139. The minimum Gasteiger partial charge on any atom is -0.295 e. The molecular formula is C9H10O. The van der Waals surface area contributed by atoms with Crippen LogP contribution < -0.4 is 0 Å². The summed E-state index contributed by atoms with van der Waals surface area (Å²) in [5, 5.41) is 0. The minimum atomic E-state index is 0.139. The molecule has 0 radical (unpaired) electrons. The van der Waals surface area contributed by atoms with E-state index in [4.69, 9.17) is 0 Å². The summed E-state index contributed by atoms with van der Waals surface area (Å²) in [7, 11) is 0. The number of carbonyl (C=O) groups is 1. The van der Waals surface area contributed by atoms with Crippen LogP contribution in [0.2, 0.25) is 0 Å². The van der Waals surface area contributed by atoms with Crippen LogP contribution in [-0.2, 0) is 4.79 Å². The Bertz CT molecular complexity index is 219. The number of hydrogen-bond donors (Lipinski definition) is 0. The molecule has 0 N–H and O–H groups in total. The molecule has 0 aromatic carbocycles. The van der Waals surface area contributed by atoms with Gasteiger partial charge in [-0.05, 0) is 13.3 Å². The highest BCUT2D eigenvalue weighted by Gasteiger charge is 1.97. The Kier molecular flexibility index (Phi) is 2.21. The smallest absolute Gasteiger partial charge is 0.159 e. The molecular weight excluding hydrogens is 124 g/mol. The van der Waals surface area contributed by atoms with Gasteiger partial charge in [0.2, 0.25) is 0 Å². The van der Waals surface area contributed by atoms with Gasteiger partial charge in [0.25, 0.3) is 0 Å². The fourth-order valence-electron chi connectivity index (χ4n) is 0.840. The second-order valence-corrected chi connectivity index (χ2v) is 2.24. The van der Waals surface area contributed by atoms with E-state index in [1.807, 2.05) is 30.4 Å². The van der Waals surface area contributed by atoms with Gasteiger partial charge in [-0.1, -0.05) is 30.4 Å². The number of ketones is 1. The van der Waals surface area contributed by atoms with Gasteiger partial charge in [0.15, 0.2) is 5.78 Å². The summed E-state index contributed by atoms with van der Waals surface area (Å²) in [4.78, 5) is 10.8. The lowest BCUT2D eigenvalue weighted by Gasteiger charge is -1.90. The Balaban J connectivity index is 2.78. The van der Waals surface area contributed by atoms with Crippen molar-refractivity contribution in [2.24, 2.45) is 0 Å². The summed E-state index contributed by atoms with van der Waals surface area (Å²) < 4.78 is 0.